The molecule has 1 aromatic heterocycles. The first-order chi connectivity index (χ1) is 27.6. The topological polar surface area (TPSA) is 27.5 Å². The second-order valence-electron chi connectivity index (χ2n) is 14.1. The maximum atomic E-state index is 4.72. The molecule has 0 bridgehead atoms. The van der Waals surface area contributed by atoms with Gasteiger partial charge in [0.15, 0.2) is 0 Å². The van der Waals surface area contributed by atoms with Gasteiger partial charge in [-0.15, -0.1) is 30.3 Å². The van der Waals surface area contributed by atoms with Crippen LogP contribution in [0.1, 0.15) is 13.8 Å². The van der Waals surface area contributed by atoms with Crippen LogP contribution in [0.15, 0.2) is 200 Å². The molecule has 0 fully saturated rings. The van der Waals surface area contributed by atoms with Crippen molar-refractivity contribution in [2.24, 2.45) is 0 Å². The Morgan fingerprint density at radius 2 is 1.12 bits per heavy atom. The Bertz CT molecular complexity index is 2520. The summed E-state index contributed by atoms with van der Waals surface area (Å²) in [6.07, 6.45) is 3.97. The maximum absolute atomic E-state index is 4.72. The minimum Gasteiger partial charge on any atom is -0.436 e. The third-order valence-corrected chi connectivity index (χ3v) is 10.5. The number of rotatable bonds is 5. The van der Waals surface area contributed by atoms with E-state index in [-0.39, 0.29) is 27.1 Å². The molecule has 5 nitrogen and oxygen atoms in total. The summed E-state index contributed by atoms with van der Waals surface area (Å²) in [6.45, 7) is 4.28. The Labute approximate surface area is 349 Å². The molecule has 0 saturated heterocycles. The number of hydrogen-bond acceptors (Lipinski definition) is 4. The number of imidazole rings is 1. The first-order valence-corrected chi connectivity index (χ1v) is 19.0. The van der Waals surface area contributed by atoms with Crippen LogP contribution in [0.5, 0.6) is 0 Å². The molecule has 2 aliphatic heterocycles. The predicted octanol–water partition coefficient (Wildman–Crippen LogP) is 11.4. The fourth-order valence-corrected chi connectivity index (χ4v) is 8.06. The third kappa shape index (κ3) is 6.90. The molecule has 0 spiro atoms. The van der Waals surface area contributed by atoms with Gasteiger partial charge in [0, 0.05) is 44.0 Å². The Morgan fingerprint density at radius 1 is 0.561 bits per heavy atom. The number of aromatic nitrogens is 2. The first-order valence-electron chi connectivity index (χ1n) is 19.0. The SMILES string of the molecule is CC(C)=C1N(c2[c-]cccc2)c2ccccc2N1c1ccccc1.CN1B(c2c(-c3ccccc3)cccc2-c2ccccc2)n2ccnc2-c2[c-]cccc21.[Ir]. The van der Waals surface area contributed by atoms with Crippen molar-refractivity contribution in [3.8, 4) is 33.6 Å². The van der Waals surface area contributed by atoms with Crippen molar-refractivity contribution in [3.63, 3.8) is 0 Å². The number of hydrogen-bond donors (Lipinski definition) is 0. The van der Waals surface area contributed by atoms with Gasteiger partial charge in [-0.3, -0.25) is 9.88 Å². The average molecular weight is 914 g/mol. The molecular weight excluding hydrogens is 874 g/mol. The zero-order valence-corrected chi connectivity index (χ0v) is 34.4. The summed E-state index contributed by atoms with van der Waals surface area (Å²) in [5, 5.41) is 0. The summed E-state index contributed by atoms with van der Waals surface area (Å²) in [4.78, 5) is 11.7. The Balaban J connectivity index is 0.000000163. The molecule has 2 aliphatic rings. The Morgan fingerprint density at radius 3 is 1.74 bits per heavy atom. The van der Waals surface area contributed by atoms with Gasteiger partial charge in [-0.2, -0.15) is 24.3 Å². The van der Waals surface area contributed by atoms with Gasteiger partial charge in [-0.05, 0) is 78.5 Å². The van der Waals surface area contributed by atoms with Gasteiger partial charge >= 0.3 is 6.98 Å². The van der Waals surface area contributed by atoms with Crippen molar-refractivity contribution in [2.45, 2.75) is 13.8 Å². The molecule has 279 valence electrons. The van der Waals surface area contributed by atoms with Gasteiger partial charge in [0.05, 0.1) is 11.4 Å². The number of benzene rings is 7. The van der Waals surface area contributed by atoms with Crippen molar-refractivity contribution < 1.29 is 20.1 Å². The van der Waals surface area contributed by atoms with Crippen LogP contribution < -0.4 is 20.1 Å². The van der Waals surface area contributed by atoms with Crippen LogP contribution >= 0.6 is 0 Å². The standard InChI is InChI=1S/C28H21BN3.C22H19N2.Ir/c1-31-26-18-9-8-15-25(26)28-30-19-20-32(28)29(31)27-23(21-11-4-2-5-12-21)16-10-17-24(27)22-13-6-3-7-14-22;1-17(2)22-23(18-11-5-3-6-12-18)20-15-9-10-16-21(20)24(22)19-13-7-4-8-14-19;/h2-14,16-20H,1H3;3-13,15-16H,1-2H3;/q2*-1;. The maximum Gasteiger partial charge on any atom is 0.400 e. The first kappa shape index (κ1) is 37.5. The quantitative estimate of drug-likeness (QED) is 0.127. The normalized spacial score (nSPS) is 12.5. The van der Waals surface area contributed by atoms with Crippen LogP contribution in [-0.4, -0.2) is 23.5 Å². The molecule has 0 amide bonds. The zero-order valence-electron chi connectivity index (χ0n) is 32.0. The van der Waals surface area contributed by atoms with E-state index in [0.29, 0.717) is 0 Å². The average Bonchev–Trinajstić information content (AvgIpc) is 3.89. The smallest absolute Gasteiger partial charge is 0.400 e. The van der Waals surface area contributed by atoms with E-state index in [4.69, 9.17) is 4.98 Å². The minimum absolute atomic E-state index is 0. The van der Waals surface area contributed by atoms with Crippen molar-refractivity contribution in [2.75, 3.05) is 21.7 Å². The molecule has 3 heterocycles. The second-order valence-corrected chi connectivity index (χ2v) is 14.1. The minimum atomic E-state index is -0.0394. The van der Waals surface area contributed by atoms with Crippen molar-refractivity contribution in [1.29, 1.82) is 0 Å². The summed E-state index contributed by atoms with van der Waals surface area (Å²) < 4.78 is 2.27. The molecule has 0 atom stereocenters. The second kappa shape index (κ2) is 16.4. The van der Waals surface area contributed by atoms with Crippen molar-refractivity contribution >= 4 is 40.9 Å². The van der Waals surface area contributed by atoms with E-state index in [1.807, 2.05) is 30.5 Å². The van der Waals surface area contributed by atoms with Gasteiger partial charge in [0.1, 0.15) is 5.82 Å². The predicted molar refractivity (Wildman–Crippen MR) is 234 cm³/mol. The largest absolute Gasteiger partial charge is 0.436 e. The molecule has 57 heavy (non-hydrogen) atoms. The monoisotopic (exact) mass is 914 g/mol. The fraction of sp³-hybridized carbons (Fsp3) is 0.0600. The zero-order chi connectivity index (χ0) is 38.0. The van der Waals surface area contributed by atoms with E-state index in [9.17, 15) is 0 Å². The molecule has 0 saturated carbocycles. The van der Waals surface area contributed by atoms with E-state index >= 15 is 0 Å². The van der Waals surface area contributed by atoms with E-state index in [1.165, 1.54) is 56.2 Å². The van der Waals surface area contributed by atoms with Gasteiger partial charge in [0.25, 0.3) is 0 Å². The molecule has 1 radical (unpaired) electrons. The van der Waals surface area contributed by atoms with Gasteiger partial charge in [-0.25, -0.2) is 0 Å². The molecule has 0 N–H and O–H groups in total. The molecule has 7 aromatic carbocycles. The summed E-state index contributed by atoms with van der Waals surface area (Å²) in [6, 6.07) is 68.0. The van der Waals surface area contributed by atoms with Gasteiger partial charge in [-0.1, -0.05) is 126 Å². The Kier molecular flexibility index (Phi) is 10.8. The van der Waals surface area contributed by atoms with Crippen molar-refractivity contribution in [3.05, 3.63) is 212 Å². The number of allylic oxidation sites excluding steroid dienone is 1. The summed E-state index contributed by atoms with van der Waals surface area (Å²) in [5.74, 6) is 2.12. The molecule has 0 aliphatic carbocycles. The Hall–Kier alpha value is -6.40. The molecule has 0 unspecified atom stereocenters. The van der Waals surface area contributed by atoms with Crippen LogP contribution in [0.25, 0.3) is 33.6 Å². The number of anilines is 5. The van der Waals surface area contributed by atoms with Crippen LogP contribution in [0.3, 0.4) is 0 Å². The van der Waals surface area contributed by atoms with Crippen LogP contribution in [-0.2, 0) is 20.1 Å². The summed E-state index contributed by atoms with van der Waals surface area (Å²) in [5.41, 5.74) is 14.2. The van der Waals surface area contributed by atoms with E-state index in [0.717, 1.165) is 22.8 Å². The summed E-state index contributed by atoms with van der Waals surface area (Å²) in [7, 11) is 2.16. The van der Waals surface area contributed by atoms with Crippen molar-refractivity contribution in [1.82, 2.24) is 9.46 Å². The van der Waals surface area contributed by atoms with Gasteiger partial charge < -0.3 is 14.2 Å². The molecule has 7 heteroatoms. The van der Waals surface area contributed by atoms with E-state index in [1.54, 1.807) is 0 Å². The number of nitrogens with zero attached hydrogens (tertiary/aromatic N) is 5. The van der Waals surface area contributed by atoms with Crippen LogP contribution in [0.2, 0.25) is 0 Å². The van der Waals surface area contributed by atoms with E-state index < -0.39 is 0 Å². The molecular formula is C50H40BIrN5-2. The third-order valence-electron chi connectivity index (χ3n) is 10.5. The number of para-hydroxylation sites is 4. The molecule has 10 rings (SSSR count). The number of fused-ring (bicyclic) bond motifs is 4. The van der Waals surface area contributed by atoms with Crippen LogP contribution in [0.4, 0.5) is 28.4 Å². The van der Waals surface area contributed by atoms with Crippen LogP contribution in [0, 0.1) is 12.1 Å². The van der Waals surface area contributed by atoms with E-state index in [2.05, 4.69) is 210 Å². The van der Waals surface area contributed by atoms with Gasteiger partial charge in [0.2, 0.25) is 0 Å². The molecule has 8 aromatic rings. The fourth-order valence-electron chi connectivity index (χ4n) is 8.06. The summed E-state index contributed by atoms with van der Waals surface area (Å²) >= 11 is 0.